The Morgan fingerprint density at radius 3 is 3.07 bits per heavy atom. The molecule has 10 heteroatoms. The van der Waals surface area contributed by atoms with Crippen LogP contribution < -0.4 is 5.32 Å². The van der Waals surface area contributed by atoms with Gasteiger partial charge in [0.25, 0.3) is 5.91 Å². The molecule has 1 aliphatic heterocycles. The van der Waals surface area contributed by atoms with Gasteiger partial charge in [0.15, 0.2) is 24.2 Å². The summed E-state index contributed by atoms with van der Waals surface area (Å²) in [4.78, 5) is 28.3. The van der Waals surface area contributed by atoms with Gasteiger partial charge < -0.3 is 14.8 Å². The van der Waals surface area contributed by atoms with E-state index in [9.17, 15) is 9.59 Å². The van der Waals surface area contributed by atoms with E-state index in [0.29, 0.717) is 40.8 Å². The van der Waals surface area contributed by atoms with Crippen molar-refractivity contribution in [1.29, 1.82) is 0 Å². The van der Waals surface area contributed by atoms with Gasteiger partial charge in [-0.1, -0.05) is 23.7 Å². The molecule has 2 N–H and O–H groups in total. The van der Waals surface area contributed by atoms with Crippen LogP contribution in [-0.2, 0) is 19.1 Å². The number of aryl methyl sites for hydroxylation is 1. The van der Waals surface area contributed by atoms with Crippen molar-refractivity contribution in [2.75, 3.05) is 18.5 Å². The van der Waals surface area contributed by atoms with Crippen molar-refractivity contribution in [3.63, 3.8) is 0 Å². The van der Waals surface area contributed by atoms with Crippen molar-refractivity contribution in [3.05, 3.63) is 35.0 Å². The summed E-state index contributed by atoms with van der Waals surface area (Å²) >= 11 is 6.19. The normalized spacial score (nSPS) is 16.4. The highest BCUT2D eigenvalue weighted by Crippen LogP contribution is 2.24. The second kappa shape index (κ2) is 7.61. The van der Waals surface area contributed by atoms with Gasteiger partial charge in [-0.2, -0.15) is 4.63 Å². The van der Waals surface area contributed by atoms with E-state index in [0.717, 1.165) is 12.1 Å². The highest BCUT2D eigenvalue weighted by Gasteiger charge is 2.25. The monoisotopic (exact) mass is 403 g/mol. The summed E-state index contributed by atoms with van der Waals surface area (Å²) in [6.07, 6.45) is 0.876. The molecule has 9 nitrogen and oxygen atoms in total. The maximum Gasteiger partial charge on any atom is 0.335 e. The van der Waals surface area contributed by atoms with Gasteiger partial charge in [0.1, 0.15) is 5.02 Å². The molecule has 0 saturated carbocycles. The summed E-state index contributed by atoms with van der Waals surface area (Å²) < 4.78 is 11.7. The molecule has 28 heavy (non-hydrogen) atoms. The number of fused-ring (bicyclic) bond motifs is 1. The zero-order chi connectivity index (χ0) is 19.7. The molecule has 0 bridgehead atoms. The highest BCUT2D eigenvalue weighted by atomic mass is 35.5. The van der Waals surface area contributed by atoms with Gasteiger partial charge in [-0.05, 0) is 31.9 Å². The first-order valence-electron chi connectivity index (χ1n) is 8.80. The standard InChI is InChI=1S/C18H18ClN5O4/c1-10-15(19)17-21-16(23-24(17)22-10)11-4-2-5-12(8-11)20-14(25)9-28-18(26)13-6-3-7-27-13/h2,4-5,8,13,22H,3,6-7,9H2,1H3,(H,20,25). The fourth-order valence-electron chi connectivity index (χ4n) is 2.96. The van der Waals surface area contributed by atoms with E-state index in [-0.39, 0.29) is 6.61 Å². The van der Waals surface area contributed by atoms with E-state index in [4.69, 9.17) is 21.1 Å². The largest absolute Gasteiger partial charge is 0.454 e. The molecule has 0 radical (unpaired) electrons. The molecule has 2 aromatic heterocycles. The van der Waals surface area contributed by atoms with Crippen molar-refractivity contribution < 1.29 is 19.1 Å². The number of amides is 1. The number of ether oxygens (including phenoxy) is 2. The van der Waals surface area contributed by atoms with Crippen molar-refractivity contribution in [1.82, 2.24) is 19.8 Å². The van der Waals surface area contributed by atoms with E-state index in [2.05, 4.69) is 20.5 Å². The third-order valence-electron chi connectivity index (χ3n) is 4.35. The summed E-state index contributed by atoms with van der Waals surface area (Å²) in [5.74, 6) is -0.480. The Hall–Kier alpha value is -2.91. The number of benzene rings is 1. The number of nitrogens with one attached hydrogen (secondary N) is 2. The first-order chi connectivity index (χ1) is 13.5. The van der Waals surface area contributed by atoms with Crippen LogP contribution in [0.4, 0.5) is 5.69 Å². The van der Waals surface area contributed by atoms with Gasteiger partial charge in [0.05, 0.1) is 5.69 Å². The van der Waals surface area contributed by atoms with Crippen molar-refractivity contribution in [2.45, 2.75) is 25.9 Å². The van der Waals surface area contributed by atoms with Crippen molar-refractivity contribution in [3.8, 4) is 11.4 Å². The molecule has 1 fully saturated rings. The number of carbonyl (C=O) groups excluding carboxylic acids is 2. The van der Waals surface area contributed by atoms with Crippen LogP contribution in [0.2, 0.25) is 5.02 Å². The Bertz CT molecular complexity index is 1040. The van der Waals surface area contributed by atoms with E-state index < -0.39 is 18.0 Å². The van der Waals surface area contributed by atoms with Crippen LogP contribution in [0.25, 0.3) is 17.0 Å². The number of hydrogen-bond donors (Lipinski definition) is 2. The van der Waals surface area contributed by atoms with Gasteiger partial charge in [-0.25, -0.2) is 9.78 Å². The minimum absolute atomic E-state index is 0.371. The number of esters is 1. The van der Waals surface area contributed by atoms with Crippen LogP contribution in [-0.4, -0.2) is 51.0 Å². The molecule has 0 aliphatic carbocycles. The number of halogens is 1. The molecular formula is C18H18ClN5O4. The molecule has 3 heterocycles. The summed E-state index contributed by atoms with van der Waals surface area (Å²) in [6.45, 7) is 2.00. The lowest BCUT2D eigenvalue weighted by molar-refractivity contribution is -0.156. The van der Waals surface area contributed by atoms with E-state index in [1.165, 1.54) is 4.63 Å². The minimum atomic E-state index is -0.566. The smallest absolute Gasteiger partial charge is 0.335 e. The molecule has 1 unspecified atom stereocenters. The summed E-state index contributed by atoms with van der Waals surface area (Å²) in [5, 5.41) is 10.6. The average molecular weight is 404 g/mol. The lowest BCUT2D eigenvalue weighted by Gasteiger charge is -2.10. The third-order valence-corrected chi connectivity index (χ3v) is 4.80. The number of hydrogen-bond acceptors (Lipinski definition) is 6. The van der Waals surface area contributed by atoms with E-state index >= 15 is 0 Å². The molecule has 1 aromatic carbocycles. The number of aromatic amines is 1. The molecule has 1 saturated heterocycles. The van der Waals surface area contributed by atoms with Crippen LogP contribution >= 0.6 is 11.6 Å². The van der Waals surface area contributed by atoms with Gasteiger partial charge in [-0.3, -0.25) is 9.89 Å². The predicted molar refractivity (Wildman–Crippen MR) is 101 cm³/mol. The molecule has 4 rings (SSSR count). The second-order valence-corrected chi connectivity index (χ2v) is 6.84. The van der Waals surface area contributed by atoms with Crippen LogP contribution in [0, 0.1) is 6.92 Å². The summed E-state index contributed by atoms with van der Waals surface area (Å²) in [6, 6.07) is 7.05. The Morgan fingerprint density at radius 1 is 1.46 bits per heavy atom. The Labute approximate surface area is 165 Å². The minimum Gasteiger partial charge on any atom is -0.454 e. The Morgan fingerprint density at radius 2 is 2.32 bits per heavy atom. The van der Waals surface area contributed by atoms with E-state index in [1.807, 2.05) is 13.0 Å². The SMILES string of the molecule is Cc1[nH]n2nc(-c3cccc(NC(=O)COC(=O)C4CCCO4)c3)nc2c1Cl. The predicted octanol–water partition coefficient (Wildman–Crippen LogP) is 2.35. The molecule has 1 atom stereocenters. The third kappa shape index (κ3) is 3.71. The fraction of sp³-hybridized carbons (Fsp3) is 0.333. The van der Waals surface area contributed by atoms with Gasteiger partial charge >= 0.3 is 5.97 Å². The molecule has 0 spiro atoms. The van der Waals surface area contributed by atoms with Crippen molar-refractivity contribution in [2.24, 2.45) is 0 Å². The molecule has 1 aliphatic rings. The van der Waals surface area contributed by atoms with Gasteiger partial charge in [0, 0.05) is 17.9 Å². The zero-order valence-corrected chi connectivity index (χ0v) is 15.8. The lowest BCUT2D eigenvalue weighted by atomic mass is 10.2. The van der Waals surface area contributed by atoms with Crippen LogP contribution in [0.3, 0.4) is 0 Å². The maximum atomic E-state index is 12.1. The van der Waals surface area contributed by atoms with E-state index in [1.54, 1.807) is 18.2 Å². The number of nitrogens with zero attached hydrogens (tertiary/aromatic N) is 3. The first-order valence-corrected chi connectivity index (χ1v) is 9.18. The average Bonchev–Trinajstić information content (AvgIpc) is 3.40. The van der Waals surface area contributed by atoms with Crippen molar-refractivity contribution >= 4 is 34.8 Å². The quantitative estimate of drug-likeness (QED) is 0.632. The molecule has 1 amide bonds. The zero-order valence-electron chi connectivity index (χ0n) is 15.1. The van der Waals surface area contributed by atoms with Crippen LogP contribution in [0.5, 0.6) is 0 Å². The topological polar surface area (TPSA) is 111 Å². The Kier molecular flexibility index (Phi) is 5.01. The second-order valence-electron chi connectivity index (χ2n) is 6.46. The van der Waals surface area contributed by atoms with Crippen LogP contribution in [0.1, 0.15) is 18.5 Å². The Balaban J connectivity index is 1.41. The highest BCUT2D eigenvalue weighted by molar-refractivity contribution is 6.34. The number of anilines is 1. The number of H-pyrrole nitrogens is 1. The first kappa shape index (κ1) is 18.5. The van der Waals surface area contributed by atoms with Gasteiger partial charge in [0.2, 0.25) is 0 Å². The number of aromatic nitrogens is 4. The lowest BCUT2D eigenvalue weighted by Crippen LogP contribution is -2.27. The number of rotatable bonds is 5. The number of carbonyl (C=O) groups is 2. The van der Waals surface area contributed by atoms with Crippen LogP contribution in [0.15, 0.2) is 24.3 Å². The maximum absolute atomic E-state index is 12.1. The molecular weight excluding hydrogens is 386 g/mol. The molecule has 3 aromatic rings. The van der Waals surface area contributed by atoms with Gasteiger partial charge in [-0.15, -0.1) is 5.10 Å². The summed E-state index contributed by atoms with van der Waals surface area (Å²) in [7, 11) is 0. The molecule has 146 valence electrons. The fourth-order valence-corrected chi connectivity index (χ4v) is 3.12. The summed E-state index contributed by atoms with van der Waals surface area (Å²) in [5.41, 5.74) is 2.56.